The Labute approximate surface area is 213 Å². The van der Waals surface area contributed by atoms with Crippen LogP contribution in [0.1, 0.15) is 35.2 Å². The molecule has 2 aliphatic rings. The Morgan fingerprint density at radius 2 is 1.81 bits per heavy atom. The lowest BCUT2D eigenvalue weighted by molar-refractivity contribution is -0.138. The minimum Gasteiger partial charge on any atom is -0.366 e. The van der Waals surface area contributed by atoms with Gasteiger partial charge in [-0.15, -0.1) is 0 Å². The Hall–Kier alpha value is -3.25. The zero-order valence-corrected chi connectivity index (χ0v) is 20.7. The van der Waals surface area contributed by atoms with E-state index in [0.29, 0.717) is 23.6 Å². The van der Waals surface area contributed by atoms with Crippen molar-refractivity contribution >= 4 is 22.9 Å². The van der Waals surface area contributed by atoms with Gasteiger partial charge in [-0.3, -0.25) is 9.69 Å². The number of imidazole rings is 1. The molecule has 2 aromatic heterocycles. The maximum absolute atomic E-state index is 12.8. The van der Waals surface area contributed by atoms with E-state index in [1.165, 1.54) is 0 Å². The number of primary amides is 1. The average Bonchev–Trinajstić information content (AvgIpc) is 3.28. The number of carbonyl (C=O) groups excluding carboxylic acids is 1. The molecule has 0 bridgehead atoms. The Bertz CT molecular complexity index is 1240. The first kappa shape index (κ1) is 25.4. The van der Waals surface area contributed by atoms with Crippen molar-refractivity contribution in [1.29, 1.82) is 0 Å². The van der Waals surface area contributed by atoms with Crippen LogP contribution in [0.5, 0.6) is 0 Å². The van der Waals surface area contributed by atoms with Gasteiger partial charge in [0.2, 0.25) is 11.9 Å². The molecule has 9 nitrogen and oxygen atoms in total. The number of likely N-dealkylation sites (N-methyl/N-ethyl adjacent to an activating group) is 1. The van der Waals surface area contributed by atoms with Crippen molar-refractivity contribution in [1.82, 2.24) is 29.3 Å². The van der Waals surface area contributed by atoms with Gasteiger partial charge in [-0.1, -0.05) is 0 Å². The first-order valence-corrected chi connectivity index (χ1v) is 12.5. The zero-order chi connectivity index (χ0) is 26.2. The number of amides is 1. The van der Waals surface area contributed by atoms with Gasteiger partial charge in [0.1, 0.15) is 0 Å². The summed E-state index contributed by atoms with van der Waals surface area (Å²) in [6, 6.07) is 6.22. The quantitative estimate of drug-likeness (QED) is 0.492. The molecule has 1 atom stereocenters. The van der Waals surface area contributed by atoms with Crippen molar-refractivity contribution in [3.05, 3.63) is 48.0 Å². The lowest BCUT2D eigenvalue weighted by Gasteiger charge is -2.45. The number of benzene rings is 1. The number of fused-ring (bicyclic) bond motifs is 1. The van der Waals surface area contributed by atoms with Gasteiger partial charge in [0.25, 0.3) is 0 Å². The highest BCUT2D eigenvalue weighted by atomic mass is 19.4. The number of hydrogen-bond acceptors (Lipinski definition) is 7. The molecule has 1 unspecified atom stereocenters. The number of nitrogens with two attached hydrogens (primary N) is 1. The van der Waals surface area contributed by atoms with Crippen LogP contribution in [0.25, 0.3) is 11.0 Å². The first-order chi connectivity index (χ1) is 17.7. The Morgan fingerprint density at radius 1 is 1.08 bits per heavy atom. The number of anilines is 1. The summed E-state index contributed by atoms with van der Waals surface area (Å²) in [5.74, 6) is -0.0903. The number of rotatable bonds is 8. The number of hydrogen-bond donors (Lipinski definition) is 1. The Balaban J connectivity index is 1.10. The first-order valence-electron chi connectivity index (χ1n) is 12.5. The zero-order valence-electron chi connectivity index (χ0n) is 20.7. The topological polar surface area (TPSA) is 96.4 Å². The van der Waals surface area contributed by atoms with E-state index < -0.39 is 17.6 Å². The number of aromatic nitrogens is 4. The normalized spacial score (nSPS) is 19.5. The van der Waals surface area contributed by atoms with Gasteiger partial charge in [0.05, 0.1) is 22.9 Å². The van der Waals surface area contributed by atoms with Crippen LogP contribution in [0.2, 0.25) is 0 Å². The second-order valence-corrected chi connectivity index (χ2v) is 9.91. The number of carbonyl (C=O) groups is 1. The van der Waals surface area contributed by atoms with Crippen molar-refractivity contribution in [3.8, 4) is 0 Å². The molecule has 1 amide bonds. The maximum atomic E-state index is 12.8. The lowest BCUT2D eigenvalue weighted by Crippen LogP contribution is -2.56. The van der Waals surface area contributed by atoms with Crippen LogP contribution in [0, 0.1) is 0 Å². The maximum Gasteiger partial charge on any atom is 0.419 e. The minimum atomic E-state index is -4.43. The lowest BCUT2D eigenvalue weighted by atomic mass is 9.99. The minimum absolute atomic E-state index is 0.356. The second-order valence-electron chi connectivity index (χ2n) is 9.91. The van der Waals surface area contributed by atoms with Crippen molar-refractivity contribution in [2.75, 3.05) is 44.7 Å². The van der Waals surface area contributed by atoms with E-state index in [9.17, 15) is 18.0 Å². The fourth-order valence-electron chi connectivity index (χ4n) is 5.24. The van der Waals surface area contributed by atoms with E-state index >= 15 is 0 Å². The third-order valence-electron chi connectivity index (χ3n) is 7.63. The van der Waals surface area contributed by atoms with Gasteiger partial charge in [-0.2, -0.15) is 13.2 Å². The Morgan fingerprint density at radius 3 is 2.43 bits per heavy atom. The summed E-state index contributed by atoms with van der Waals surface area (Å²) in [4.78, 5) is 30.7. The van der Waals surface area contributed by atoms with Crippen LogP contribution in [-0.2, 0) is 12.7 Å². The van der Waals surface area contributed by atoms with Crippen LogP contribution in [0.3, 0.4) is 0 Å². The second kappa shape index (κ2) is 10.3. The molecule has 5 rings (SSSR count). The molecular formula is C25H31F3N8O. The standard InChI is InChI=1S/C25H31F3N8O/c1-33(19-4-8-35(9-5-19)24-30-13-18(14-31-24)25(26,27)28)15-20-6-7-34(20)10-11-36-16-32-21-3-2-17(23(29)37)12-22(21)36/h2-3,12-14,16,19-20H,4-11,15H2,1H3,(H2,29,37). The molecule has 0 aliphatic carbocycles. The van der Waals surface area contributed by atoms with Crippen molar-refractivity contribution in [3.63, 3.8) is 0 Å². The largest absolute Gasteiger partial charge is 0.419 e. The van der Waals surface area contributed by atoms with E-state index in [0.717, 1.165) is 82.0 Å². The van der Waals surface area contributed by atoms with Crippen LogP contribution >= 0.6 is 0 Å². The number of halogens is 3. The molecule has 0 radical (unpaired) electrons. The average molecular weight is 517 g/mol. The summed E-state index contributed by atoms with van der Waals surface area (Å²) in [7, 11) is 2.15. The molecule has 3 aromatic rings. The van der Waals surface area contributed by atoms with Gasteiger partial charge in [0.15, 0.2) is 0 Å². The number of nitrogens with zero attached hydrogens (tertiary/aromatic N) is 7. The number of piperidine rings is 1. The van der Waals surface area contributed by atoms with E-state index in [1.54, 1.807) is 12.1 Å². The van der Waals surface area contributed by atoms with Gasteiger partial charge in [0, 0.05) is 69.3 Å². The van der Waals surface area contributed by atoms with Crippen LogP contribution in [0.4, 0.5) is 19.1 Å². The van der Waals surface area contributed by atoms with Crippen molar-refractivity contribution in [2.45, 2.75) is 44.1 Å². The summed E-state index contributed by atoms with van der Waals surface area (Å²) < 4.78 is 40.4. The molecule has 12 heteroatoms. The molecule has 0 spiro atoms. The third kappa shape index (κ3) is 5.54. The smallest absolute Gasteiger partial charge is 0.366 e. The molecular weight excluding hydrogens is 485 g/mol. The van der Waals surface area contributed by atoms with Gasteiger partial charge in [-0.05, 0) is 44.5 Å². The summed E-state index contributed by atoms with van der Waals surface area (Å²) in [6.07, 6.45) is 2.08. The monoisotopic (exact) mass is 516 g/mol. The molecule has 198 valence electrons. The van der Waals surface area contributed by atoms with Crippen LogP contribution in [0.15, 0.2) is 36.9 Å². The van der Waals surface area contributed by atoms with E-state index in [-0.39, 0.29) is 0 Å². The summed E-state index contributed by atoms with van der Waals surface area (Å²) in [5.41, 5.74) is 6.84. The molecule has 37 heavy (non-hydrogen) atoms. The van der Waals surface area contributed by atoms with E-state index in [2.05, 4.69) is 36.4 Å². The number of alkyl halides is 3. The van der Waals surface area contributed by atoms with Crippen molar-refractivity contribution in [2.24, 2.45) is 5.73 Å². The molecule has 0 saturated carbocycles. The SMILES string of the molecule is CN(CC1CCN1CCn1cnc2ccc(C(N)=O)cc21)C1CCN(c2ncc(C(F)(F)F)cn2)CC1. The summed E-state index contributed by atoms with van der Waals surface area (Å²) in [5, 5.41) is 0. The Kier molecular flexibility index (Phi) is 7.04. The fourth-order valence-corrected chi connectivity index (χ4v) is 5.24. The number of likely N-dealkylation sites (tertiary alicyclic amines) is 1. The van der Waals surface area contributed by atoms with Gasteiger partial charge >= 0.3 is 6.18 Å². The van der Waals surface area contributed by atoms with E-state index in [1.807, 2.05) is 17.3 Å². The highest BCUT2D eigenvalue weighted by Gasteiger charge is 2.33. The highest BCUT2D eigenvalue weighted by molar-refractivity contribution is 5.96. The molecule has 2 aliphatic heterocycles. The predicted octanol–water partition coefficient (Wildman–Crippen LogP) is 2.62. The van der Waals surface area contributed by atoms with Crippen LogP contribution in [-0.4, -0.2) is 87.1 Å². The summed E-state index contributed by atoms with van der Waals surface area (Å²) >= 11 is 0. The van der Waals surface area contributed by atoms with E-state index in [4.69, 9.17) is 5.73 Å². The fraction of sp³-hybridized carbons (Fsp3) is 0.520. The highest BCUT2D eigenvalue weighted by Crippen LogP contribution is 2.29. The van der Waals surface area contributed by atoms with Gasteiger partial charge in [-0.25, -0.2) is 15.0 Å². The van der Waals surface area contributed by atoms with Crippen molar-refractivity contribution < 1.29 is 18.0 Å². The molecule has 1 aromatic carbocycles. The third-order valence-corrected chi connectivity index (χ3v) is 7.63. The molecule has 2 fully saturated rings. The molecule has 2 saturated heterocycles. The molecule has 4 heterocycles. The predicted molar refractivity (Wildman–Crippen MR) is 133 cm³/mol. The summed E-state index contributed by atoms with van der Waals surface area (Å²) in [6.45, 7) is 5.14. The van der Waals surface area contributed by atoms with Gasteiger partial charge < -0.3 is 20.1 Å². The van der Waals surface area contributed by atoms with Crippen LogP contribution < -0.4 is 10.6 Å². The molecule has 2 N–H and O–H groups in total.